The van der Waals surface area contributed by atoms with Gasteiger partial charge in [0, 0.05) is 11.8 Å². The van der Waals surface area contributed by atoms with Gasteiger partial charge in [-0.05, 0) is 24.2 Å². The van der Waals surface area contributed by atoms with Crippen LogP contribution in [0.4, 0.5) is 0 Å². The molecule has 0 unspecified atom stereocenters. The zero-order chi connectivity index (χ0) is 9.61. The summed E-state index contributed by atoms with van der Waals surface area (Å²) in [5.41, 5.74) is 0.187. The summed E-state index contributed by atoms with van der Waals surface area (Å²) in [5.74, 6) is 2.08. The molecule has 0 aliphatic carbocycles. The number of alkyl halides is 2. The summed E-state index contributed by atoms with van der Waals surface area (Å²) in [6, 6.07) is 0. The van der Waals surface area contributed by atoms with Gasteiger partial charge in [-0.1, -0.05) is 27.2 Å². The zero-order valence-corrected chi connectivity index (χ0v) is 9.88. The predicted octanol–water partition coefficient (Wildman–Crippen LogP) is 4.30. The average Bonchev–Trinajstić information content (AvgIpc) is 2.03. The van der Waals surface area contributed by atoms with Crippen LogP contribution in [-0.2, 0) is 0 Å². The molecule has 0 amide bonds. The fourth-order valence-electron chi connectivity index (χ4n) is 1.78. The SMILES string of the molecule is CCCC(CCl)(CCl)CC(C)C. The van der Waals surface area contributed by atoms with Crippen LogP contribution in [-0.4, -0.2) is 11.8 Å². The van der Waals surface area contributed by atoms with Gasteiger partial charge in [0.25, 0.3) is 0 Å². The summed E-state index contributed by atoms with van der Waals surface area (Å²) < 4.78 is 0. The molecule has 74 valence electrons. The maximum Gasteiger partial charge on any atom is 0.0291 e. The molecular formula is C10H20Cl2. The van der Waals surface area contributed by atoms with E-state index < -0.39 is 0 Å². The maximum atomic E-state index is 5.96. The average molecular weight is 211 g/mol. The summed E-state index contributed by atoms with van der Waals surface area (Å²) in [7, 11) is 0. The minimum atomic E-state index is 0.187. The molecule has 0 fully saturated rings. The van der Waals surface area contributed by atoms with E-state index in [1.54, 1.807) is 0 Å². The van der Waals surface area contributed by atoms with Crippen LogP contribution in [0.3, 0.4) is 0 Å². The molecule has 0 saturated carbocycles. The molecule has 2 heteroatoms. The molecule has 0 N–H and O–H groups in total. The van der Waals surface area contributed by atoms with Crippen LogP contribution in [0.2, 0.25) is 0 Å². The Kier molecular flexibility index (Phi) is 6.39. The van der Waals surface area contributed by atoms with Crippen molar-refractivity contribution in [1.29, 1.82) is 0 Å². The lowest BCUT2D eigenvalue weighted by atomic mass is 9.80. The molecule has 0 aliphatic heterocycles. The van der Waals surface area contributed by atoms with Gasteiger partial charge in [0.15, 0.2) is 0 Å². The van der Waals surface area contributed by atoms with E-state index in [2.05, 4.69) is 20.8 Å². The molecule has 0 bridgehead atoms. The highest BCUT2D eigenvalue weighted by atomic mass is 35.5. The van der Waals surface area contributed by atoms with Gasteiger partial charge in [-0.25, -0.2) is 0 Å². The summed E-state index contributed by atoms with van der Waals surface area (Å²) in [5, 5.41) is 0. The van der Waals surface area contributed by atoms with E-state index in [0.29, 0.717) is 17.7 Å². The van der Waals surface area contributed by atoms with Gasteiger partial charge < -0.3 is 0 Å². The monoisotopic (exact) mass is 210 g/mol. The topological polar surface area (TPSA) is 0 Å². The molecule has 0 aliphatic rings. The molecule has 0 aromatic carbocycles. The fraction of sp³-hybridized carbons (Fsp3) is 1.00. The third-order valence-electron chi connectivity index (χ3n) is 2.19. The highest BCUT2D eigenvalue weighted by Gasteiger charge is 2.27. The quantitative estimate of drug-likeness (QED) is 0.574. The number of hydrogen-bond acceptors (Lipinski definition) is 0. The van der Waals surface area contributed by atoms with Crippen molar-refractivity contribution in [1.82, 2.24) is 0 Å². The lowest BCUT2D eigenvalue weighted by Crippen LogP contribution is -2.27. The van der Waals surface area contributed by atoms with Gasteiger partial charge in [0.2, 0.25) is 0 Å². The minimum Gasteiger partial charge on any atom is -0.126 e. The van der Waals surface area contributed by atoms with E-state index in [-0.39, 0.29) is 5.41 Å². The second kappa shape index (κ2) is 6.10. The molecule has 12 heavy (non-hydrogen) atoms. The van der Waals surface area contributed by atoms with Crippen LogP contribution in [0.1, 0.15) is 40.0 Å². The van der Waals surface area contributed by atoms with E-state index in [4.69, 9.17) is 23.2 Å². The van der Waals surface area contributed by atoms with Crippen molar-refractivity contribution in [2.24, 2.45) is 11.3 Å². The summed E-state index contributed by atoms with van der Waals surface area (Å²) in [6.45, 7) is 6.64. The molecule has 0 aromatic heterocycles. The largest absolute Gasteiger partial charge is 0.126 e. The van der Waals surface area contributed by atoms with Gasteiger partial charge in [-0.3, -0.25) is 0 Å². The number of rotatable bonds is 6. The Morgan fingerprint density at radius 1 is 1.17 bits per heavy atom. The van der Waals surface area contributed by atoms with Gasteiger partial charge in [-0.2, -0.15) is 0 Å². The fourth-order valence-corrected chi connectivity index (χ4v) is 2.55. The first-order valence-electron chi connectivity index (χ1n) is 4.72. The first-order chi connectivity index (χ1) is 5.60. The van der Waals surface area contributed by atoms with Gasteiger partial charge >= 0.3 is 0 Å². The molecule has 0 rings (SSSR count). The molecule has 0 atom stereocenters. The van der Waals surface area contributed by atoms with Crippen molar-refractivity contribution in [2.45, 2.75) is 40.0 Å². The van der Waals surface area contributed by atoms with Crippen molar-refractivity contribution in [3.05, 3.63) is 0 Å². The van der Waals surface area contributed by atoms with E-state index >= 15 is 0 Å². The van der Waals surface area contributed by atoms with Crippen LogP contribution in [0.25, 0.3) is 0 Å². The molecule has 0 saturated heterocycles. The third-order valence-corrected chi connectivity index (χ3v) is 3.32. The van der Waals surface area contributed by atoms with Crippen LogP contribution in [0.15, 0.2) is 0 Å². The Balaban J connectivity index is 4.13. The summed E-state index contributed by atoms with van der Waals surface area (Å²) in [6.07, 6.45) is 3.47. The van der Waals surface area contributed by atoms with E-state index in [0.717, 1.165) is 12.8 Å². The molecule has 0 aromatic rings. The molecule has 0 spiro atoms. The Morgan fingerprint density at radius 2 is 1.67 bits per heavy atom. The van der Waals surface area contributed by atoms with E-state index in [1.807, 2.05) is 0 Å². The van der Waals surface area contributed by atoms with Crippen molar-refractivity contribution < 1.29 is 0 Å². The third kappa shape index (κ3) is 4.00. The second-order valence-electron chi connectivity index (χ2n) is 4.12. The Labute approximate surface area is 86.6 Å². The number of halogens is 2. The standard InChI is InChI=1S/C10H20Cl2/c1-4-5-10(7-11,8-12)6-9(2)3/h9H,4-8H2,1-3H3. The van der Waals surface area contributed by atoms with Crippen molar-refractivity contribution >= 4 is 23.2 Å². The van der Waals surface area contributed by atoms with Crippen molar-refractivity contribution in [3.8, 4) is 0 Å². The predicted molar refractivity (Wildman–Crippen MR) is 58.2 cm³/mol. The molecule has 0 heterocycles. The highest BCUT2D eigenvalue weighted by Crippen LogP contribution is 2.34. The lowest BCUT2D eigenvalue weighted by Gasteiger charge is -2.30. The van der Waals surface area contributed by atoms with Gasteiger partial charge in [0.1, 0.15) is 0 Å². The Morgan fingerprint density at radius 3 is 1.92 bits per heavy atom. The number of hydrogen-bond donors (Lipinski definition) is 0. The smallest absolute Gasteiger partial charge is 0.0291 e. The molecular weight excluding hydrogens is 191 g/mol. The Bertz CT molecular complexity index is 106. The Hall–Kier alpha value is 0.580. The second-order valence-corrected chi connectivity index (χ2v) is 4.65. The van der Waals surface area contributed by atoms with Crippen molar-refractivity contribution in [3.63, 3.8) is 0 Å². The van der Waals surface area contributed by atoms with E-state index in [1.165, 1.54) is 6.42 Å². The minimum absolute atomic E-state index is 0.187. The van der Waals surface area contributed by atoms with Crippen LogP contribution < -0.4 is 0 Å². The zero-order valence-electron chi connectivity index (χ0n) is 8.37. The lowest BCUT2D eigenvalue weighted by molar-refractivity contribution is 0.273. The van der Waals surface area contributed by atoms with Crippen LogP contribution >= 0.6 is 23.2 Å². The van der Waals surface area contributed by atoms with Gasteiger partial charge in [-0.15, -0.1) is 23.2 Å². The van der Waals surface area contributed by atoms with Crippen LogP contribution in [0.5, 0.6) is 0 Å². The van der Waals surface area contributed by atoms with Crippen molar-refractivity contribution in [2.75, 3.05) is 11.8 Å². The first-order valence-corrected chi connectivity index (χ1v) is 5.79. The normalized spacial score (nSPS) is 12.5. The highest BCUT2D eigenvalue weighted by molar-refractivity contribution is 6.21. The maximum absolute atomic E-state index is 5.96. The van der Waals surface area contributed by atoms with Gasteiger partial charge in [0.05, 0.1) is 0 Å². The summed E-state index contributed by atoms with van der Waals surface area (Å²) >= 11 is 11.9. The summed E-state index contributed by atoms with van der Waals surface area (Å²) in [4.78, 5) is 0. The molecule has 0 radical (unpaired) electrons. The first kappa shape index (κ1) is 12.6. The van der Waals surface area contributed by atoms with E-state index in [9.17, 15) is 0 Å². The van der Waals surface area contributed by atoms with Crippen LogP contribution in [0, 0.1) is 11.3 Å². The molecule has 0 nitrogen and oxygen atoms in total.